The molecule has 0 aromatic heterocycles. The Labute approximate surface area is 487 Å². The Hall–Kier alpha value is 5.32. The van der Waals surface area contributed by atoms with Gasteiger partial charge in [0.05, 0.1) is 16.9 Å². The number of rotatable bonds is 46. The third-order valence-corrected chi connectivity index (χ3v) is 245. The van der Waals surface area contributed by atoms with Crippen molar-refractivity contribution in [1.82, 2.24) is 0 Å². The van der Waals surface area contributed by atoms with Crippen LogP contribution in [0.1, 0.15) is 0 Å². The molecule has 0 rings (SSSR count). The summed E-state index contributed by atoms with van der Waals surface area (Å²) in [5.41, 5.74) is 1.35. The minimum absolute atomic E-state index is 0.775. The summed E-state index contributed by atoms with van der Waals surface area (Å²) in [6, 6.07) is 0. The lowest BCUT2D eigenvalue weighted by Gasteiger charge is -2.69. The van der Waals surface area contributed by atoms with Gasteiger partial charge in [-0.05, 0) is 26.2 Å². The van der Waals surface area contributed by atoms with Crippen LogP contribution in [0.3, 0.4) is 0 Å². The third kappa shape index (κ3) is 16.2. The standard InChI is InChI=1S/C9H43O34Si32/c1-9-63(5,6)39-64(7,8)40-69(43-68(54-19,34-46-11)65(28,30-3)31-4,74(41-66(44,51-16)32-29-2,70(55-20,56-21)35-47-12)71(57-22,58-23)36-48-13)75(72(59-24,60-25)37-49-14,73(61-26,62-27)38-50-15)42-67(52-17,53-18)33-45-10/h9-28H,1H2,2-8H3. The Bertz CT molecular complexity index is 1570. The van der Waals surface area contributed by atoms with Gasteiger partial charge >= 0.3 is 107 Å². The third-order valence-electron chi connectivity index (χ3n) is 9.37. The SMILES string of the molecule is C=C[Si](C)(C)O[Si](C)(C)O[Si](O[Si](O[Si]O)([Si]O)[Si](O)(OC)OC)([Si](O[Si]([Si])(OOC)[Si]O)([Si](O[Si]O)([Si]O)[Si]O)[Si](O[Si]O)([Si]O)[Si]O)[Si](O[Si](O[Si]O)([Si]O)[Si]O)([Si](O[Si]O)([Si]O)[Si]O)[Si](O[Si]O)([Si]O)[Si]O. The maximum Gasteiger partial charge on any atom is 0.532 e. The van der Waals surface area contributed by atoms with E-state index in [9.17, 15) is 91.1 Å². The Kier molecular flexibility index (Phi) is 37.9. The predicted octanol–water partition coefficient (Wildman–Crippen LogP) is -20.3. The van der Waals surface area contributed by atoms with E-state index >= 15 is 0 Å². The molecule has 66 heteroatoms. The Morgan fingerprint density at radius 2 is 0.760 bits per heavy atom. The van der Waals surface area contributed by atoms with Gasteiger partial charge in [0, 0.05) is 14.2 Å². The largest absolute Gasteiger partial charge is 0.532 e. The summed E-state index contributed by atoms with van der Waals surface area (Å²) in [6.07, 6.45) is 0. The highest BCUT2D eigenvalue weighted by Gasteiger charge is 3.00. The summed E-state index contributed by atoms with van der Waals surface area (Å²) in [5.74, 6) is 0. The van der Waals surface area contributed by atoms with Crippen molar-refractivity contribution in [1.29, 1.82) is 0 Å². The number of hydrogen-bond acceptors (Lipinski definition) is 34. The van der Waals surface area contributed by atoms with Crippen LogP contribution in [0.5, 0.6) is 0 Å². The summed E-state index contributed by atoms with van der Waals surface area (Å²) >= 11 is 0. The van der Waals surface area contributed by atoms with Crippen LogP contribution in [0.25, 0.3) is 0 Å². The molecule has 0 bridgehead atoms. The van der Waals surface area contributed by atoms with Crippen LogP contribution in [0.2, 0.25) is 26.2 Å². The van der Waals surface area contributed by atoms with E-state index in [0.29, 0.717) is 0 Å². The molecule has 0 saturated carbocycles. The lowest BCUT2D eigenvalue weighted by molar-refractivity contribution is -0.193. The van der Waals surface area contributed by atoms with E-state index < -0.39 is 268 Å². The summed E-state index contributed by atoms with van der Waals surface area (Å²) in [7, 11) is -69.9. The maximum atomic E-state index is 12.9. The zero-order chi connectivity index (χ0) is 58.5. The second-order valence-corrected chi connectivity index (χ2v) is 145. The van der Waals surface area contributed by atoms with Gasteiger partial charge in [-0.1, -0.05) is 5.70 Å². The van der Waals surface area contributed by atoms with E-state index in [1.807, 2.05) is 0 Å². The van der Waals surface area contributed by atoms with Gasteiger partial charge in [0.2, 0.25) is 102 Å². The fourth-order valence-electron chi connectivity index (χ4n) is 6.61. The second kappa shape index (κ2) is 35.3. The fraction of sp³-hybridized carbons (Fsp3) is 0.778. The molecule has 3 atom stereocenters. The van der Waals surface area contributed by atoms with E-state index in [1.165, 1.54) is 31.9 Å². The molecule has 411 valence electrons. The van der Waals surface area contributed by atoms with Crippen molar-refractivity contribution < 1.29 is 155 Å². The molecule has 0 spiro atoms. The highest BCUT2D eigenvalue weighted by molar-refractivity contribution is 8.23. The summed E-state index contributed by atoms with van der Waals surface area (Å²) in [5, 5.41) is 0. The van der Waals surface area contributed by atoms with Gasteiger partial charge in [-0.25, -0.2) is 4.89 Å². The molecule has 34 nitrogen and oxygen atoms in total. The van der Waals surface area contributed by atoms with E-state index in [1.54, 1.807) is 0 Å². The highest BCUT2D eigenvalue weighted by Crippen LogP contribution is 2.52. The molecule has 0 aromatic rings. The topological polar surface area (TPSA) is 523 Å². The van der Waals surface area contributed by atoms with Crippen LogP contribution in [-0.2, 0) is 63.6 Å². The average Bonchev–Trinajstić information content (AvgIpc) is 3.40. The summed E-state index contributed by atoms with van der Waals surface area (Å²) in [6.45, 7) is -29.0. The Balaban J connectivity index is 13.0. The summed E-state index contributed by atoms with van der Waals surface area (Å²) in [4.78, 5) is 230. The smallest absolute Gasteiger partial charge is 0.437 e. The average molecular weight is 1590 g/mol. The molecule has 3 unspecified atom stereocenters. The minimum Gasteiger partial charge on any atom is -0.437 e. The monoisotopic (exact) mass is 1590 g/mol. The van der Waals surface area contributed by atoms with Gasteiger partial charge in [-0.2, -0.15) is 0 Å². The molecule has 0 aliphatic rings. The first-order valence-corrected chi connectivity index (χ1v) is 81.7. The van der Waals surface area contributed by atoms with Gasteiger partial charge in [-0.15, -0.1) is 6.58 Å². The van der Waals surface area contributed by atoms with Gasteiger partial charge < -0.3 is 145 Å². The molecule has 0 amide bonds. The van der Waals surface area contributed by atoms with E-state index in [-0.39, 0.29) is 0 Å². The zero-order valence-corrected chi connectivity index (χ0v) is 70.9. The number of hydrogen-bond donors (Lipinski definition) is 19. The zero-order valence-electron chi connectivity index (χ0n) is 38.9. The van der Waals surface area contributed by atoms with Crippen LogP contribution < -0.4 is 0 Å². The molecular weight excluding hydrogens is 1550 g/mol. The molecule has 0 aromatic carbocycles. The van der Waals surface area contributed by atoms with Crippen LogP contribution >= 0.6 is 0 Å². The van der Waals surface area contributed by atoms with Crippen molar-refractivity contribution in [2.75, 3.05) is 21.3 Å². The van der Waals surface area contributed by atoms with E-state index in [0.717, 1.165) is 21.3 Å². The lowest BCUT2D eigenvalue weighted by atomic mass is 11.3. The molecule has 19 N–H and O–H groups in total. The van der Waals surface area contributed by atoms with Crippen LogP contribution in [0.15, 0.2) is 12.3 Å². The Morgan fingerprint density at radius 3 is 1.01 bits per heavy atom. The molecular formula is C9H43O34Si32. The molecule has 39 radical (unpaired) electrons. The predicted molar refractivity (Wildman–Crippen MR) is 294 cm³/mol. The van der Waals surface area contributed by atoms with Gasteiger partial charge in [-0.3, -0.25) is 4.58 Å². The van der Waals surface area contributed by atoms with Gasteiger partial charge in [0.15, 0.2) is 8.32 Å². The van der Waals surface area contributed by atoms with Crippen molar-refractivity contribution in [2.24, 2.45) is 0 Å². The van der Waals surface area contributed by atoms with Crippen LogP contribution in [-0.4, -0.2) is 390 Å². The lowest BCUT2D eigenvalue weighted by Crippen LogP contribution is -3.13. The Morgan fingerprint density at radius 1 is 0.413 bits per heavy atom. The first-order chi connectivity index (χ1) is 35.1. The molecule has 0 fully saturated rings. The van der Waals surface area contributed by atoms with Crippen molar-refractivity contribution >= 4 is 278 Å². The molecule has 0 aliphatic heterocycles. The second-order valence-electron chi connectivity index (χ2n) is 14.0. The summed E-state index contributed by atoms with van der Waals surface area (Å²) < 4.78 is 89.8. The first-order valence-electron chi connectivity index (χ1n) is 18.4. The maximum absolute atomic E-state index is 12.9. The normalized spacial score (nSPS) is 16.7. The van der Waals surface area contributed by atoms with Crippen molar-refractivity contribution in [3.63, 3.8) is 0 Å². The molecule has 0 saturated heterocycles. The van der Waals surface area contributed by atoms with Gasteiger partial charge in [0.25, 0.3) is 50.9 Å². The van der Waals surface area contributed by atoms with Crippen LogP contribution in [0.4, 0.5) is 0 Å². The van der Waals surface area contributed by atoms with E-state index in [2.05, 4.69) is 16.3 Å². The van der Waals surface area contributed by atoms with Crippen molar-refractivity contribution in [3.8, 4) is 0 Å². The van der Waals surface area contributed by atoms with Crippen molar-refractivity contribution in [2.45, 2.75) is 26.2 Å². The molecule has 0 aliphatic carbocycles. The molecule has 75 heavy (non-hydrogen) atoms. The quantitative estimate of drug-likeness (QED) is 0.0153. The highest BCUT2D eigenvalue weighted by atomic mass is 30.5. The minimum atomic E-state index is -7.45. The first kappa shape index (κ1) is 80.3. The van der Waals surface area contributed by atoms with Crippen LogP contribution in [0, 0.1) is 0 Å². The van der Waals surface area contributed by atoms with E-state index in [4.69, 9.17) is 63.6 Å². The van der Waals surface area contributed by atoms with Crippen molar-refractivity contribution in [3.05, 3.63) is 12.3 Å². The van der Waals surface area contributed by atoms with Gasteiger partial charge in [0.1, 0.15) is 0 Å². The fourth-order valence-corrected chi connectivity index (χ4v) is 417. The molecule has 0 heterocycles.